The molecule has 1 aliphatic heterocycles. The predicted octanol–water partition coefficient (Wildman–Crippen LogP) is 0.238. The molecule has 1 aliphatic rings. The van der Waals surface area contributed by atoms with Gasteiger partial charge in [-0.05, 0) is 28.1 Å². The molecule has 2 rings (SSSR count). The van der Waals surface area contributed by atoms with Gasteiger partial charge in [0.1, 0.15) is 9.85 Å². The maximum Gasteiger partial charge on any atom is 0.228 e. The molecule has 8 heteroatoms. The number of rotatable bonds is 2. The van der Waals surface area contributed by atoms with Gasteiger partial charge in [-0.3, -0.25) is 4.79 Å². The van der Waals surface area contributed by atoms with Crippen LogP contribution in [-0.4, -0.2) is 31.1 Å². The Morgan fingerprint density at radius 3 is 2.76 bits per heavy atom. The summed E-state index contributed by atoms with van der Waals surface area (Å²) >= 11 is 3.22. The number of carbonyl (C=O) groups is 1. The SMILES string of the molecule is NS(=O)(=O)C1CC(=O)N(c2cccnc2Br)C1. The largest absolute Gasteiger partial charge is 0.308 e. The molecule has 0 saturated carbocycles. The van der Waals surface area contributed by atoms with Crippen molar-refractivity contribution >= 4 is 37.5 Å². The molecule has 0 spiro atoms. The molecule has 1 amide bonds. The Morgan fingerprint density at radius 1 is 1.53 bits per heavy atom. The van der Waals surface area contributed by atoms with E-state index in [0.717, 1.165) is 0 Å². The van der Waals surface area contributed by atoms with Crippen molar-refractivity contribution in [2.24, 2.45) is 5.14 Å². The van der Waals surface area contributed by atoms with Crippen LogP contribution in [0.5, 0.6) is 0 Å². The number of sulfonamides is 1. The molecule has 0 aliphatic carbocycles. The van der Waals surface area contributed by atoms with E-state index in [-0.39, 0.29) is 18.9 Å². The number of anilines is 1. The molecule has 0 bridgehead atoms. The van der Waals surface area contributed by atoms with E-state index in [1.807, 2.05) is 0 Å². The number of aromatic nitrogens is 1. The third kappa shape index (κ3) is 2.48. The normalized spacial score (nSPS) is 20.9. The highest BCUT2D eigenvalue weighted by atomic mass is 79.9. The number of hydrogen-bond donors (Lipinski definition) is 1. The van der Waals surface area contributed by atoms with E-state index < -0.39 is 15.3 Å². The van der Waals surface area contributed by atoms with Crippen LogP contribution in [0.4, 0.5) is 5.69 Å². The average molecular weight is 320 g/mol. The minimum atomic E-state index is -3.69. The Hall–Kier alpha value is -0.990. The van der Waals surface area contributed by atoms with E-state index in [4.69, 9.17) is 5.14 Å². The molecule has 92 valence electrons. The Kier molecular flexibility index (Phi) is 3.19. The molecule has 2 N–H and O–H groups in total. The van der Waals surface area contributed by atoms with E-state index in [9.17, 15) is 13.2 Å². The van der Waals surface area contributed by atoms with Crippen LogP contribution >= 0.6 is 15.9 Å². The number of carbonyl (C=O) groups excluding carboxylic acids is 1. The highest BCUT2D eigenvalue weighted by molar-refractivity contribution is 9.10. The number of nitrogens with zero attached hydrogens (tertiary/aromatic N) is 2. The first-order valence-corrected chi connectivity index (χ1v) is 7.22. The summed E-state index contributed by atoms with van der Waals surface area (Å²) in [5, 5.41) is 4.20. The highest BCUT2D eigenvalue weighted by Crippen LogP contribution is 2.29. The molecule has 1 unspecified atom stereocenters. The Labute approximate surface area is 107 Å². The van der Waals surface area contributed by atoms with Crippen molar-refractivity contribution in [3.8, 4) is 0 Å². The lowest BCUT2D eigenvalue weighted by atomic mass is 10.4. The molecule has 6 nitrogen and oxygen atoms in total. The van der Waals surface area contributed by atoms with Crippen molar-refractivity contribution in [3.63, 3.8) is 0 Å². The molecule has 1 fully saturated rings. The summed E-state index contributed by atoms with van der Waals surface area (Å²) in [5.41, 5.74) is 0.559. The van der Waals surface area contributed by atoms with Gasteiger partial charge >= 0.3 is 0 Å². The van der Waals surface area contributed by atoms with Crippen LogP contribution in [0.2, 0.25) is 0 Å². The zero-order chi connectivity index (χ0) is 12.6. The van der Waals surface area contributed by atoms with Gasteiger partial charge in [-0.15, -0.1) is 0 Å². The standard InChI is InChI=1S/C9H10BrN3O3S/c10-9-7(2-1-3-12-9)13-5-6(4-8(13)14)17(11,15)16/h1-3,6H,4-5H2,(H2,11,15,16). The lowest BCUT2D eigenvalue weighted by molar-refractivity contribution is -0.117. The monoisotopic (exact) mass is 319 g/mol. The van der Waals surface area contributed by atoms with Gasteiger partial charge in [0.25, 0.3) is 0 Å². The lowest BCUT2D eigenvalue weighted by Crippen LogP contribution is -2.32. The third-order valence-electron chi connectivity index (χ3n) is 2.58. The van der Waals surface area contributed by atoms with E-state index >= 15 is 0 Å². The van der Waals surface area contributed by atoms with Gasteiger partial charge in [0.05, 0.1) is 5.69 Å². The number of hydrogen-bond acceptors (Lipinski definition) is 4. The van der Waals surface area contributed by atoms with Crippen molar-refractivity contribution in [2.45, 2.75) is 11.7 Å². The van der Waals surface area contributed by atoms with Gasteiger partial charge in [-0.1, -0.05) is 0 Å². The fourth-order valence-electron chi connectivity index (χ4n) is 1.71. The minimum Gasteiger partial charge on any atom is -0.308 e. The summed E-state index contributed by atoms with van der Waals surface area (Å²) in [7, 11) is -3.69. The minimum absolute atomic E-state index is 0.0714. The van der Waals surface area contributed by atoms with Crippen LogP contribution < -0.4 is 10.0 Å². The van der Waals surface area contributed by atoms with Crippen LogP contribution in [0.25, 0.3) is 0 Å². The summed E-state index contributed by atoms with van der Waals surface area (Å²) in [4.78, 5) is 17.1. The van der Waals surface area contributed by atoms with Gasteiger partial charge in [0, 0.05) is 19.2 Å². The van der Waals surface area contributed by atoms with Gasteiger partial charge in [-0.25, -0.2) is 18.5 Å². The van der Waals surface area contributed by atoms with E-state index in [1.54, 1.807) is 18.3 Å². The second kappa shape index (κ2) is 4.35. The molecule has 2 heterocycles. The summed E-state index contributed by atoms with van der Waals surface area (Å²) < 4.78 is 22.9. The molecule has 1 aromatic heterocycles. The van der Waals surface area contributed by atoms with Crippen molar-refractivity contribution in [1.29, 1.82) is 0 Å². The average Bonchev–Trinajstić information content (AvgIpc) is 2.61. The number of nitrogens with two attached hydrogens (primary N) is 1. The van der Waals surface area contributed by atoms with Crippen LogP contribution in [0, 0.1) is 0 Å². The maximum atomic E-state index is 11.7. The molecule has 0 radical (unpaired) electrons. The zero-order valence-corrected chi connectivity index (χ0v) is 11.1. The van der Waals surface area contributed by atoms with Gasteiger partial charge in [-0.2, -0.15) is 0 Å². The van der Waals surface area contributed by atoms with Crippen LogP contribution in [0.1, 0.15) is 6.42 Å². The van der Waals surface area contributed by atoms with Gasteiger partial charge < -0.3 is 4.90 Å². The Morgan fingerprint density at radius 2 is 2.24 bits per heavy atom. The van der Waals surface area contributed by atoms with Crippen LogP contribution in [0.15, 0.2) is 22.9 Å². The summed E-state index contributed by atoms with van der Waals surface area (Å²) in [6.07, 6.45) is 1.49. The van der Waals surface area contributed by atoms with Crippen molar-refractivity contribution < 1.29 is 13.2 Å². The summed E-state index contributed by atoms with van der Waals surface area (Å²) in [6.45, 7) is 0.0714. The molecule has 1 saturated heterocycles. The molecule has 0 aromatic carbocycles. The number of amides is 1. The molecule has 17 heavy (non-hydrogen) atoms. The van der Waals surface area contributed by atoms with Crippen LogP contribution in [0.3, 0.4) is 0 Å². The van der Waals surface area contributed by atoms with Crippen molar-refractivity contribution in [3.05, 3.63) is 22.9 Å². The molecular formula is C9H10BrN3O3S. The second-order valence-electron chi connectivity index (χ2n) is 3.73. The van der Waals surface area contributed by atoms with Gasteiger partial charge in [0.2, 0.25) is 15.9 Å². The summed E-state index contributed by atoms with van der Waals surface area (Å²) in [6, 6.07) is 3.37. The van der Waals surface area contributed by atoms with Crippen molar-refractivity contribution in [2.75, 3.05) is 11.4 Å². The number of pyridine rings is 1. The quantitative estimate of drug-likeness (QED) is 0.790. The Bertz CT molecular complexity index is 560. The number of halogens is 1. The second-order valence-corrected chi connectivity index (χ2v) is 6.33. The van der Waals surface area contributed by atoms with E-state index in [2.05, 4.69) is 20.9 Å². The van der Waals surface area contributed by atoms with Crippen LogP contribution in [-0.2, 0) is 14.8 Å². The molecular weight excluding hydrogens is 310 g/mol. The van der Waals surface area contributed by atoms with Gasteiger partial charge in [0.15, 0.2) is 0 Å². The topological polar surface area (TPSA) is 93.4 Å². The first-order valence-electron chi connectivity index (χ1n) is 4.82. The fraction of sp³-hybridized carbons (Fsp3) is 0.333. The third-order valence-corrected chi connectivity index (χ3v) is 4.44. The molecule has 1 aromatic rings. The van der Waals surface area contributed by atoms with E-state index in [0.29, 0.717) is 10.3 Å². The zero-order valence-electron chi connectivity index (χ0n) is 8.71. The lowest BCUT2D eigenvalue weighted by Gasteiger charge is -2.16. The Balaban J connectivity index is 2.31. The number of primary sulfonamides is 1. The first-order chi connectivity index (χ1) is 7.89. The predicted molar refractivity (Wildman–Crippen MR) is 65.8 cm³/mol. The smallest absolute Gasteiger partial charge is 0.228 e. The van der Waals surface area contributed by atoms with Crippen molar-refractivity contribution in [1.82, 2.24) is 4.98 Å². The fourth-order valence-corrected chi connectivity index (χ4v) is 2.90. The van der Waals surface area contributed by atoms with E-state index in [1.165, 1.54) is 4.90 Å². The molecule has 1 atom stereocenters. The highest BCUT2D eigenvalue weighted by Gasteiger charge is 2.37. The maximum absolute atomic E-state index is 11.7. The first kappa shape index (κ1) is 12.5. The summed E-state index contributed by atoms with van der Waals surface area (Å²) in [5.74, 6) is -0.266.